The zero-order valence-corrected chi connectivity index (χ0v) is 18.0. The quantitative estimate of drug-likeness (QED) is 0.273. The second-order valence-corrected chi connectivity index (χ2v) is 6.87. The van der Waals surface area contributed by atoms with Crippen LogP contribution in [0, 0.1) is 5.82 Å². The summed E-state index contributed by atoms with van der Waals surface area (Å²) in [6, 6.07) is 7.01. The topological polar surface area (TPSA) is 52.2 Å². The third-order valence-corrected chi connectivity index (χ3v) is 5.03. The molecule has 2 heterocycles. The number of benzene rings is 1. The number of aromatic nitrogens is 1. The van der Waals surface area contributed by atoms with E-state index >= 15 is 0 Å². The number of fused-ring (bicyclic) bond motifs is 1. The fourth-order valence-electron chi connectivity index (χ4n) is 2.82. The number of nitrogens with one attached hydrogen (secondary N) is 3. The number of aromatic amines is 1. The Labute approximate surface area is 174 Å². The molecular formula is C19H24FIN4S. The van der Waals surface area contributed by atoms with E-state index in [0.717, 1.165) is 36.4 Å². The highest BCUT2D eigenvalue weighted by Gasteiger charge is 2.08. The molecular weight excluding hydrogens is 462 g/mol. The van der Waals surface area contributed by atoms with Gasteiger partial charge in [-0.2, -0.15) is 11.3 Å². The van der Waals surface area contributed by atoms with Gasteiger partial charge in [0.15, 0.2) is 5.96 Å². The van der Waals surface area contributed by atoms with Gasteiger partial charge in [0.05, 0.1) is 0 Å². The first kappa shape index (κ1) is 20.7. The lowest BCUT2D eigenvalue weighted by atomic mass is 10.1. The van der Waals surface area contributed by atoms with Gasteiger partial charge in [-0.1, -0.05) is 6.92 Å². The van der Waals surface area contributed by atoms with E-state index < -0.39 is 0 Å². The zero-order chi connectivity index (χ0) is 17.6. The summed E-state index contributed by atoms with van der Waals surface area (Å²) in [4.78, 5) is 7.40. The number of H-pyrrole nitrogens is 1. The minimum Gasteiger partial charge on any atom is -0.361 e. The van der Waals surface area contributed by atoms with Crippen LogP contribution in [-0.2, 0) is 6.42 Å². The Bertz CT molecular complexity index is 844. The summed E-state index contributed by atoms with van der Waals surface area (Å²) < 4.78 is 13.2. The fourth-order valence-corrected chi connectivity index (χ4v) is 3.61. The van der Waals surface area contributed by atoms with Crippen molar-refractivity contribution in [3.63, 3.8) is 0 Å². The molecule has 3 N–H and O–H groups in total. The molecule has 1 atom stereocenters. The molecule has 0 aliphatic carbocycles. The van der Waals surface area contributed by atoms with Crippen molar-refractivity contribution in [2.75, 3.05) is 20.1 Å². The molecule has 0 aliphatic rings. The molecule has 0 spiro atoms. The molecule has 1 unspecified atom stereocenters. The van der Waals surface area contributed by atoms with Crippen LogP contribution in [0.2, 0.25) is 0 Å². The van der Waals surface area contributed by atoms with E-state index in [1.807, 2.05) is 12.3 Å². The van der Waals surface area contributed by atoms with Gasteiger partial charge in [0, 0.05) is 37.2 Å². The number of nitrogens with zero attached hydrogens (tertiary/aromatic N) is 1. The van der Waals surface area contributed by atoms with Gasteiger partial charge in [-0.05, 0) is 58.5 Å². The lowest BCUT2D eigenvalue weighted by Crippen LogP contribution is -2.39. The molecule has 7 heteroatoms. The molecule has 4 nitrogen and oxygen atoms in total. The zero-order valence-electron chi connectivity index (χ0n) is 14.9. The van der Waals surface area contributed by atoms with E-state index in [-0.39, 0.29) is 29.8 Å². The van der Waals surface area contributed by atoms with E-state index in [4.69, 9.17) is 0 Å². The van der Waals surface area contributed by atoms with Crippen LogP contribution < -0.4 is 10.6 Å². The maximum absolute atomic E-state index is 13.2. The molecule has 2 aromatic heterocycles. The molecule has 3 aromatic rings. The minimum atomic E-state index is -0.219. The first-order valence-electron chi connectivity index (χ1n) is 8.39. The van der Waals surface area contributed by atoms with E-state index in [0.29, 0.717) is 5.92 Å². The van der Waals surface area contributed by atoms with Crippen LogP contribution in [0.25, 0.3) is 10.9 Å². The normalized spacial score (nSPS) is 12.7. The molecule has 140 valence electrons. The number of hydrogen-bond acceptors (Lipinski definition) is 2. The molecule has 1 aromatic carbocycles. The molecule has 3 rings (SSSR count). The van der Waals surface area contributed by atoms with Crippen molar-refractivity contribution < 1.29 is 4.39 Å². The third-order valence-electron chi connectivity index (χ3n) is 4.33. The molecule has 0 radical (unpaired) electrons. The molecule has 0 amide bonds. The Morgan fingerprint density at radius 2 is 2.15 bits per heavy atom. The first-order chi connectivity index (χ1) is 12.2. The van der Waals surface area contributed by atoms with E-state index in [1.165, 1.54) is 23.3 Å². The molecule has 0 aliphatic heterocycles. The van der Waals surface area contributed by atoms with Gasteiger partial charge in [-0.25, -0.2) is 4.39 Å². The number of rotatable bonds is 6. The summed E-state index contributed by atoms with van der Waals surface area (Å²) in [7, 11) is 1.78. The van der Waals surface area contributed by atoms with Gasteiger partial charge in [-0.3, -0.25) is 4.99 Å². The molecule has 0 saturated heterocycles. The molecule has 26 heavy (non-hydrogen) atoms. The van der Waals surface area contributed by atoms with Crippen molar-refractivity contribution >= 4 is 52.2 Å². The average Bonchev–Trinajstić information content (AvgIpc) is 3.27. The van der Waals surface area contributed by atoms with Crippen molar-refractivity contribution in [2.45, 2.75) is 19.3 Å². The van der Waals surface area contributed by atoms with E-state index in [1.54, 1.807) is 18.4 Å². The predicted molar refractivity (Wildman–Crippen MR) is 119 cm³/mol. The maximum atomic E-state index is 13.2. The van der Waals surface area contributed by atoms with Crippen LogP contribution in [0.1, 0.15) is 24.0 Å². The summed E-state index contributed by atoms with van der Waals surface area (Å²) in [6.45, 7) is 3.80. The number of aliphatic imine (C=N–C) groups is 1. The van der Waals surface area contributed by atoms with E-state index in [2.05, 4.69) is 44.4 Å². The third kappa shape index (κ3) is 5.20. The highest BCUT2D eigenvalue weighted by Crippen LogP contribution is 2.19. The summed E-state index contributed by atoms with van der Waals surface area (Å²) in [5, 5.41) is 12.1. The van der Waals surface area contributed by atoms with Crippen molar-refractivity contribution in [1.29, 1.82) is 0 Å². The highest BCUT2D eigenvalue weighted by molar-refractivity contribution is 14.0. The summed E-state index contributed by atoms with van der Waals surface area (Å²) >= 11 is 1.72. The monoisotopic (exact) mass is 486 g/mol. The van der Waals surface area contributed by atoms with Gasteiger partial charge >= 0.3 is 0 Å². The summed E-state index contributed by atoms with van der Waals surface area (Å²) in [5.41, 5.74) is 3.35. The largest absolute Gasteiger partial charge is 0.361 e. The Morgan fingerprint density at radius 1 is 1.31 bits per heavy atom. The number of guanidine groups is 1. The Kier molecular flexibility index (Phi) is 7.89. The Hall–Kier alpha value is -1.61. The molecule has 0 fully saturated rings. The van der Waals surface area contributed by atoms with E-state index in [9.17, 15) is 4.39 Å². The van der Waals surface area contributed by atoms with Crippen LogP contribution in [0.15, 0.2) is 46.2 Å². The smallest absolute Gasteiger partial charge is 0.191 e. The molecule has 0 bridgehead atoms. The Morgan fingerprint density at radius 3 is 2.88 bits per heavy atom. The van der Waals surface area contributed by atoms with Crippen molar-refractivity contribution in [1.82, 2.24) is 15.6 Å². The predicted octanol–water partition coefficient (Wildman–Crippen LogP) is 4.50. The fraction of sp³-hybridized carbons (Fsp3) is 0.316. The van der Waals surface area contributed by atoms with Gasteiger partial charge in [0.2, 0.25) is 0 Å². The lowest BCUT2D eigenvalue weighted by Gasteiger charge is -2.15. The van der Waals surface area contributed by atoms with Crippen molar-refractivity contribution in [3.8, 4) is 0 Å². The lowest BCUT2D eigenvalue weighted by molar-refractivity contribution is 0.629. The summed E-state index contributed by atoms with van der Waals surface area (Å²) in [6.07, 6.45) is 2.78. The van der Waals surface area contributed by atoms with Crippen molar-refractivity contribution in [2.24, 2.45) is 4.99 Å². The van der Waals surface area contributed by atoms with Gasteiger partial charge in [0.1, 0.15) is 5.82 Å². The van der Waals surface area contributed by atoms with Crippen molar-refractivity contribution in [3.05, 3.63) is 58.2 Å². The van der Waals surface area contributed by atoms with Gasteiger partial charge in [-0.15, -0.1) is 24.0 Å². The summed E-state index contributed by atoms with van der Waals surface area (Å²) in [5.74, 6) is 1.02. The highest BCUT2D eigenvalue weighted by atomic mass is 127. The second kappa shape index (κ2) is 9.91. The number of thiophene rings is 1. The second-order valence-electron chi connectivity index (χ2n) is 6.09. The molecule has 0 saturated carbocycles. The maximum Gasteiger partial charge on any atom is 0.191 e. The minimum absolute atomic E-state index is 0. The van der Waals surface area contributed by atoms with Crippen LogP contribution in [0.4, 0.5) is 4.39 Å². The average molecular weight is 486 g/mol. The van der Waals surface area contributed by atoms with Gasteiger partial charge < -0.3 is 15.6 Å². The van der Waals surface area contributed by atoms with Crippen LogP contribution in [0.3, 0.4) is 0 Å². The van der Waals surface area contributed by atoms with Crippen LogP contribution in [-0.4, -0.2) is 31.1 Å². The standard InChI is InChI=1S/C19H23FN4S.HI/c1-13(15-6-8-25-12-15)10-24-19(21-2)22-7-5-14-11-23-18-9-16(20)3-4-17(14)18;/h3-4,6,8-9,11-13,23H,5,7,10H2,1-2H3,(H2,21,22,24);1H. The SMILES string of the molecule is CN=C(NCCc1c[nH]c2cc(F)ccc12)NCC(C)c1ccsc1.I. The van der Waals surface area contributed by atoms with Gasteiger partial charge in [0.25, 0.3) is 0 Å². The number of halogens is 2. The number of hydrogen-bond donors (Lipinski definition) is 3. The first-order valence-corrected chi connectivity index (χ1v) is 9.34. The van der Waals surface area contributed by atoms with Crippen LogP contribution in [0.5, 0.6) is 0 Å². The van der Waals surface area contributed by atoms with Crippen LogP contribution >= 0.6 is 35.3 Å². The Balaban J connectivity index is 0.00000243.